The van der Waals surface area contributed by atoms with E-state index < -0.39 is 17.5 Å². The van der Waals surface area contributed by atoms with Crippen molar-refractivity contribution in [1.29, 1.82) is 0 Å². The van der Waals surface area contributed by atoms with Crippen LogP contribution in [0.15, 0.2) is 42.5 Å². The lowest BCUT2D eigenvalue weighted by molar-refractivity contribution is -0.130. The molecule has 0 unspecified atom stereocenters. The van der Waals surface area contributed by atoms with Crippen LogP contribution in [0.4, 0.5) is 8.78 Å². The van der Waals surface area contributed by atoms with E-state index in [1.165, 1.54) is 9.80 Å². The summed E-state index contributed by atoms with van der Waals surface area (Å²) in [5, 5.41) is 2.35. The van der Waals surface area contributed by atoms with Crippen molar-refractivity contribution in [3.05, 3.63) is 70.8 Å². The van der Waals surface area contributed by atoms with Crippen LogP contribution in [0.1, 0.15) is 33.2 Å². The lowest BCUT2D eigenvalue weighted by Crippen LogP contribution is -2.40. The second-order valence-electron chi connectivity index (χ2n) is 6.61. The van der Waals surface area contributed by atoms with Gasteiger partial charge in [0.2, 0.25) is 5.91 Å². The summed E-state index contributed by atoms with van der Waals surface area (Å²) in [6, 6.07) is 9.52. The Morgan fingerprint density at radius 3 is 2.21 bits per heavy atom. The number of nitrogens with one attached hydrogen (secondary N) is 1. The molecule has 0 aliphatic carbocycles. The molecule has 0 aromatic heterocycles. The molecule has 29 heavy (non-hydrogen) atoms. The third kappa shape index (κ3) is 5.84. The number of carbonyl (C=O) groups is 3. The minimum atomic E-state index is -0.991. The molecule has 6 nitrogen and oxygen atoms in total. The normalized spacial score (nSPS) is 10.4. The van der Waals surface area contributed by atoms with Gasteiger partial charge in [-0.05, 0) is 36.8 Å². The van der Waals surface area contributed by atoms with Gasteiger partial charge in [0.15, 0.2) is 0 Å². The highest BCUT2D eigenvalue weighted by Crippen LogP contribution is 2.11. The Kier molecular flexibility index (Phi) is 7.41. The molecule has 2 aromatic carbocycles. The molecule has 2 rings (SSSR count). The highest BCUT2D eigenvalue weighted by atomic mass is 19.1. The topological polar surface area (TPSA) is 69.7 Å². The third-order valence-electron chi connectivity index (χ3n) is 4.29. The van der Waals surface area contributed by atoms with E-state index in [1.54, 1.807) is 45.3 Å². The number of halogens is 2. The van der Waals surface area contributed by atoms with Crippen LogP contribution in [0, 0.1) is 11.6 Å². The summed E-state index contributed by atoms with van der Waals surface area (Å²) < 4.78 is 26.6. The minimum Gasteiger partial charge on any atom is -0.345 e. The van der Waals surface area contributed by atoms with Gasteiger partial charge in [-0.15, -0.1) is 0 Å². The van der Waals surface area contributed by atoms with Gasteiger partial charge in [-0.3, -0.25) is 14.4 Å². The smallest absolute Gasteiger partial charge is 0.254 e. The van der Waals surface area contributed by atoms with E-state index in [-0.39, 0.29) is 23.9 Å². The summed E-state index contributed by atoms with van der Waals surface area (Å²) in [7, 11) is 3.33. The molecule has 8 heteroatoms. The first-order valence-electron chi connectivity index (χ1n) is 9.04. The van der Waals surface area contributed by atoms with E-state index in [4.69, 9.17) is 0 Å². The molecular formula is C21H23F2N3O3. The summed E-state index contributed by atoms with van der Waals surface area (Å²) in [5.74, 6) is -3.04. The van der Waals surface area contributed by atoms with Crippen LogP contribution in [0.25, 0.3) is 0 Å². The average molecular weight is 403 g/mol. The Balaban J connectivity index is 1.96. The van der Waals surface area contributed by atoms with Gasteiger partial charge in [0.25, 0.3) is 11.8 Å². The van der Waals surface area contributed by atoms with Crippen molar-refractivity contribution < 1.29 is 23.2 Å². The van der Waals surface area contributed by atoms with E-state index in [9.17, 15) is 23.2 Å². The van der Waals surface area contributed by atoms with Crippen molar-refractivity contribution in [2.24, 2.45) is 0 Å². The Bertz CT molecular complexity index is 899. The van der Waals surface area contributed by atoms with Crippen molar-refractivity contribution in [2.75, 3.05) is 27.2 Å². The molecule has 0 fully saturated rings. The molecule has 0 aliphatic heterocycles. The number of nitrogens with zero attached hydrogens (tertiary/aromatic N) is 2. The second-order valence-corrected chi connectivity index (χ2v) is 6.61. The zero-order valence-corrected chi connectivity index (χ0v) is 16.5. The Hall–Kier alpha value is -3.29. The average Bonchev–Trinajstić information content (AvgIpc) is 2.69. The van der Waals surface area contributed by atoms with Crippen LogP contribution in [-0.2, 0) is 11.3 Å². The van der Waals surface area contributed by atoms with Crippen molar-refractivity contribution in [1.82, 2.24) is 15.1 Å². The van der Waals surface area contributed by atoms with Gasteiger partial charge in [0.1, 0.15) is 11.6 Å². The monoisotopic (exact) mass is 403 g/mol. The van der Waals surface area contributed by atoms with Crippen molar-refractivity contribution in [2.45, 2.75) is 13.5 Å². The van der Waals surface area contributed by atoms with Crippen molar-refractivity contribution in [3.8, 4) is 0 Å². The maximum Gasteiger partial charge on any atom is 0.254 e. The van der Waals surface area contributed by atoms with Crippen LogP contribution in [0.2, 0.25) is 0 Å². The predicted octanol–water partition coefficient (Wildman–Crippen LogP) is 2.45. The minimum absolute atomic E-state index is 0.115. The van der Waals surface area contributed by atoms with Gasteiger partial charge in [-0.1, -0.05) is 12.1 Å². The molecular weight excluding hydrogens is 380 g/mol. The number of benzene rings is 2. The number of rotatable bonds is 7. The highest BCUT2D eigenvalue weighted by Gasteiger charge is 2.17. The van der Waals surface area contributed by atoms with Gasteiger partial charge < -0.3 is 15.1 Å². The molecule has 0 bridgehead atoms. The highest BCUT2D eigenvalue weighted by molar-refractivity contribution is 5.96. The molecule has 2 aromatic rings. The van der Waals surface area contributed by atoms with Crippen LogP contribution < -0.4 is 5.32 Å². The fourth-order valence-electron chi connectivity index (χ4n) is 2.64. The number of carbonyl (C=O) groups excluding carboxylic acids is 3. The standard InChI is InChI=1S/C21H23F2N3O3/c1-4-26(13-14-5-7-15(8-6-14)21(29)25(2)3)19(27)12-24-20(28)17-10-9-16(22)11-18(17)23/h5-11H,4,12-13H2,1-3H3,(H,24,28). The SMILES string of the molecule is CCN(Cc1ccc(C(=O)N(C)C)cc1)C(=O)CNC(=O)c1ccc(F)cc1F. The lowest BCUT2D eigenvalue weighted by atomic mass is 10.1. The Morgan fingerprint density at radius 2 is 1.66 bits per heavy atom. The van der Waals surface area contributed by atoms with E-state index in [0.29, 0.717) is 24.7 Å². The summed E-state index contributed by atoms with van der Waals surface area (Å²) in [4.78, 5) is 39.4. The van der Waals surface area contributed by atoms with Crippen LogP contribution in [0.3, 0.4) is 0 Å². The first-order chi connectivity index (χ1) is 13.7. The molecule has 0 radical (unpaired) electrons. The maximum atomic E-state index is 13.7. The van der Waals surface area contributed by atoms with Gasteiger partial charge in [0.05, 0.1) is 12.1 Å². The van der Waals surface area contributed by atoms with Crippen LogP contribution >= 0.6 is 0 Å². The predicted molar refractivity (Wildman–Crippen MR) is 104 cm³/mol. The molecule has 154 valence electrons. The van der Waals surface area contributed by atoms with Crippen LogP contribution in [-0.4, -0.2) is 54.7 Å². The Labute approximate surface area is 168 Å². The molecule has 0 spiro atoms. The molecule has 0 saturated heterocycles. The maximum absolute atomic E-state index is 13.7. The molecule has 1 N–H and O–H groups in total. The molecule has 0 atom stereocenters. The molecule has 0 aliphatic rings. The number of amides is 3. The second kappa shape index (κ2) is 9.77. The van der Waals surface area contributed by atoms with Crippen molar-refractivity contribution in [3.63, 3.8) is 0 Å². The van der Waals surface area contributed by atoms with Gasteiger partial charge in [-0.2, -0.15) is 0 Å². The largest absolute Gasteiger partial charge is 0.345 e. The third-order valence-corrected chi connectivity index (χ3v) is 4.29. The summed E-state index contributed by atoms with van der Waals surface area (Å²) in [6.45, 7) is 2.18. The summed E-state index contributed by atoms with van der Waals surface area (Å²) in [5.41, 5.74) is 1.04. The van der Waals surface area contributed by atoms with E-state index in [0.717, 1.165) is 17.7 Å². The molecule has 0 heterocycles. The van der Waals surface area contributed by atoms with Gasteiger partial charge in [0, 0.05) is 38.8 Å². The fourth-order valence-corrected chi connectivity index (χ4v) is 2.64. The first kappa shape index (κ1) is 22.0. The summed E-state index contributed by atoms with van der Waals surface area (Å²) >= 11 is 0. The molecule has 3 amide bonds. The zero-order valence-electron chi connectivity index (χ0n) is 16.5. The van der Waals surface area contributed by atoms with E-state index in [2.05, 4.69) is 5.32 Å². The van der Waals surface area contributed by atoms with E-state index in [1.807, 2.05) is 0 Å². The lowest BCUT2D eigenvalue weighted by Gasteiger charge is -2.21. The summed E-state index contributed by atoms with van der Waals surface area (Å²) in [6.07, 6.45) is 0. The van der Waals surface area contributed by atoms with Crippen molar-refractivity contribution >= 4 is 17.7 Å². The quantitative estimate of drug-likeness (QED) is 0.772. The number of likely N-dealkylation sites (N-methyl/N-ethyl adjacent to an activating group) is 1. The van der Waals surface area contributed by atoms with Gasteiger partial charge >= 0.3 is 0 Å². The van der Waals surface area contributed by atoms with E-state index >= 15 is 0 Å². The van der Waals surface area contributed by atoms with Crippen LogP contribution in [0.5, 0.6) is 0 Å². The molecule has 0 saturated carbocycles. The van der Waals surface area contributed by atoms with Gasteiger partial charge in [-0.25, -0.2) is 8.78 Å². The zero-order chi connectivity index (χ0) is 21.6. The fraction of sp³-hybridized carbons (Fsp3) is 0.286. The Morgan fingerprint density at radius 1 is 1.00 bits per heavy atom. The number of hydrogen-bond acceptors (Lipinski definition) is 3. The number of hydrogen-bond donors (Lipinski definition) is 1. The first-order valence-corrected chi connectivity index (χ1v) is 9.04.